The van der Waals surface area contributed by atoms with Crippen LogP contribution in [0.2, 0.25) is 0 Å². The molecule has 0 saturated carbocycles. The molecule has 14 rings (SSSR count). The Balaban J connectivity index is 0.690. The SMILES string of the molecule is C=C1C[C@@H]2CC[C@]34OC([C@@H]5O[C@H]6CC[C@H](CC(=O)O[C@@H]7CC8OC9C[C@]%10(C[C@@H]%11O[C@@]%12(CC[C@@H]%11O%10)C[C@H](C)[C@@H]%10O[C@H](CO)[C@H](O)C[C@@H]%10O%12)O[C@@H]9O[C@@H]8O[C@H]7C[C@H]7O[C@@H](CC[C@@H]1O2)C[C@@H](C)C7=C)O[C@@H]6[C@H](O3)[C@@H]5I)C(O)(O)[C@H]4O. The van der Waals surface area contributed by atoms with E-state index in [0.29, 0.717) is 83.5 Å². The summed E-state index contributed by atoms with van der Waals surface area (Å²) in [4.78, 5) is 14.4. The van der Waals surface area contributed by atoms with Crippen molar-refractivity contribution in [2.45, 2.75) is 291 Å². The number of hydrogen-bond donors (Lipinski definition) is 5. The number of alkyl halides is 1. The molecule has 14 aliphatic heterocycles. The van der Waals surface area contributed by atoms with E-state index in [2.05, 4.69) is 49.6 Å². The Labute approximate surface area is 461 Å². The molecule has 0 aliphatic carbocycles. The molecule has 14 fully saturated rings. The van der Waals surface area contributed by atoms with Gasteiger partial charge in [0.25, 0.3) is 0 Å². The number of hydrogen-bond acceptors (Lipinski definition) is 21. The molecule has 14 saturated heterocycles. The molecule has 0 radical (unpaired) electrons. The molecule has 14 aliphatic rings. The average Bonchev–Trinajstić information content (AvgIpc) is 4.30. The highest BCUT2D eigenvalue weighted by molar-refractivity contribution is 14.1. The summed E-state index contributed by atoms with van der Waals surface area (Å²) in [6, 6.07) is 0. The highest BCUT2D eigenvalue weighted by atomic mass is 127. The van der Waals surface area contributed by atoms with Crippen molar-refractivity contribution in [1.29, 1.82) is 0 Å². The number of rotatable bonds is 1. The molecule has 10 bridgehead atoms. The van der Waals surface area contributed by atoms with E-state index in [0.717, 1.165) is 17.6 Å². The first-order chi connectivity index (χ1) is 36.9. The normalized spacial score (nSPS) is 57.0. The zero-order valence-electron chi connectivity index (χ0n) is 43.8. The van der Waals surface area contributed by atoms with Gasteiger partial charge < -0.3 is 96.6 Å². The lowest BCUT2D eigenvalue weighted by Crippen LogP contribution is -2.68. The van der Waals surface area contributed by atoms with E-state index in [-0.39, 0.29) is 80.4 Å². The van der Waals surface area contributed by atoms with Crippen LogP contribution in [0.5, 0.6) is 0 Å². The molecular weight excluding hydrogens is 1120 g/mol. The van der Waals surface area contributed by atoms with Crippen LogP contribution >= 0.6 is 22.6 Å². The number of carbonyl (C=O) groups is 1. The summed E-state index contributed by atoms with van der Waals surface area (Å²) in [6.45, 7) is 12.9. The van der Waals surface area contributed by atoms with Crippen LogP contribution in [0.4, 0.5) is 0 Å². The van der Waals surface area contributed by atoms with E-state index >= 15 is 0 Å². The van der Waals surface area contributed by atoms with Crippen LogP contribution in [0.3, 0.4) is 0 Å². The fourth-order valence-electron chi connectivity index (χ4n) is 16.1. The largest absolute Gasteiger partial charge is 0.459 e. The van der Waals surface area contributed by atoms with Crippen molar-refractivity contribution < 1.29 is 101 Å². The van der Waals surface area contributed by atoms with Crippen LogP contribution in [0.1, 0.15) is 123 Å². The lowest BCUT2D eigenvalue weighted by atomic mass is 9.81. The van der Waals surface area contributed by atoms with Crippen LogP contribution in [0, 0.1) is 11.8 Å². The molecule has 3 spiro atoms. The first kappa shape index (κ1) is 53.9. The first-order valence-electron chi connectivity index (χ1n) is 28.8. The van der Waals surface area contributed by atoms with Gasteiger partial charge in [-0.15, -0.1) is 0 Å². The van der Waals surface area contributed by atoms with Crippen LogP contribution in [0.25, 0.3) is 0 Å². The third-order valence-corrected chi connectivity index (χ3v) is 21.5. The lowest BCUT2D eigenvalue weighted by Gasteiger charge is -2.53. The Bertz CT molecular complexity index is 2280. The van der Waals surface area contributed by atoms with Crippen molar-refractivity contribution in [1.82, 2.24) is 0 Å². The average molecular weight is 1200 g/mol. The van der Waals surface area contributed by atoms with E-state index in [1.54, 1.807) is 0 Å². The molecule has 0 aromatic heterocycles. The monoisotopic (exact) mass is 1200 g/mol. The molecule has 430 valence electrons. The topological polar surface area (TPSA) is 257 Å². The zero-order chi connectivity index (χ0) is 53.1. The van der Waals surface area contributed by atoms with Crippen molar-refractivity contribution in [2.75, 3.05) is 6.61 Å². The Hall–Kier alpha value is -1.08. The van der Waals surface area contributed by atoms with Gasteiger partial charge >= 0.3 is 5.97 Å². The molecule has 77 heavy (non-hydrogen) atoms. The highest BCUT2D eigenvalue weighted by Crippen LogP contribution is 2.56. The summed E-state index contributed by atoms with van der Waals surface area (Å²) in [5, 5.41) is 55.1. The van der Waals surface area contributed by atoms with Gasteiger partial charge in [0.1, 0.15) is 54.9 Å². The summed E-state index contributed by atoms with van der Waals surface area (Å²) in [5.41, 5.74) is 1.91. The maximum absolute atomic E-state index is 14.4. The molecule has 14 heterocycles. The number of halogens is 1. The molecule has 22 heteroatoms. The highest BCUT2D eigenvalue weighted by Gasteiger charge is 2.72. The molecular formula is C55H77IO21. The Kier molecular flexibility index (Phi) is 14.0. The summed E-state index contributed by atoms with van der Waals surface area (Å²) >= 11 is 2.20. The first-order valence-corrected chi connectivity index (χ1v) is 30.0. The van der Waals surface area contributed by atoms with Gasteiger partial charge in [0.2, 0.25) is 11.6 Å². The minimum Gasteiger partial charge on any atom is -0.459 e. The van der Waals surface area contributed by atoms with Crippen LogP contribution < -0.4 is 0 Å². The van der Waals surface area contributed by atoms with E-state index in [9.17, 15) is 30.3 Å². The maximum Gasteiger partial charge on any atom is 0.308 e. The summed E-state index contributed by atoms with van der Waals surface area (Å²) in [5.74, 6) is -6.60. The number of fused-ring (bicyclic) bond motifs is 13. The summed E-state index contributed by atoms with van der Waals surface area (Å²) in [7, 11) is 0. The minimum atomic E-state index is -2.64. The summed E-state index contributed by atoms with van der Waals surface area (Å²) < 4.78 is 99.7. The van der Waals surface area contributed by atoms with E-state index < -0.39 is 131 Å². The molecule has 21 nitrogen and oxygen atoms in total. The van der Waals surface area contributed by atoms with Crippen LogP contribution in [-0.4, -0.2) is 206 Å². The van der Waals surface area contributed by atoms with E-state index in [4.69, 9.17) is 71.1 Å². The van der Waals surface area contributed by atoms with Gasteiger partial charge in [-0.2, -0.15) is 0 Å². The van der Waals surface area contributed by atoms with Crippen molar-refractivity contribution in [3.8, 4) is 0 Å². The zero-order valence-corrected chi connectivity index (χ0v) is 46.0. The fraction of sp³-hybridized carbons (Fsp3) is 0.909. The minimum absolute atomic E-state index is 0.0613. The van der Waals surface area contributed by atoms with Gasteiger partial charge in [-0.3, -0.25) is 4.79 Å². The molecule has 3 unspecified atom stereocenters. The Morgan fingerprint density at radius 2 is 1.36 bits per heavy atom. The van der Waals surface area contributed by atoms with Crippen molar-refractivity contribution in [3.63, 3.8) is 0 Å². The quantitative estimate of drug-likeness (QED) is 0.0832. The molecule has 0 aromatic rings. The second kappa shape index (κ2) is 20.0. The third kappa shape index (κ3) is 9.39. The maximum atomic E-state index is 14.4. The molecule has 0 aromatic carbocycles. The van der Waals surface area contributed by atoms with Gasteiger partial charge in [-0.1, -0.05) is 49.6 Å². The second-order valence-corrected chi connectivity index (χ2v) is 26.7. The standard InChI is InChI=1S/C55H77IO21/c1-23-13-27-5-7-31-24(2)14-29(63-31)9-12-54-51(60)55(61,62)48(76-54)47-43(56)46(75-54)45-33(68-47)8-6-28(65-45)15-42(59)67-35-18-38-49(70-36(35)17-34(64-27)26(23)4)71-50-40(66-38)21-53(77-50)20-39-32(72-53)10-11-52(74-39)19-25(3)44-37(73-52)16-30(58)41(22-57)69-44/h23,25,27-41,43-51,57-58,60-62H,2,4-22H2,1,3H3/t23-,25+,27+,28-,29+,30-,31+,32+,33+,34-,35-,36+,37+,38?,39+,40?,41-,43+,44+,45+,46-,47-,48?,49+,50+,51+,52+,53+,54-/m1/s1. The van der Waals surface area contributed by atoms with Crippen molar-refractivity contribution in [3.05, 3.63) is 24.3 Å². The smallest absolute Gasteiger partial charge is 0.308 e. The number of aliphatic hydroxyl groups excluding tert-OH is 3. The van der Waals surface area contributed by atoms with Crippen LogP contribution in [0.15, 0.2) is 24.3 Å². The van der Waals surface area contributed by atoms with Gasteiger partial charge in [0, 0.05) is 51.4 Å². The predicted octanol–water partition coefficient (Wildman–Crippen LogP) is 2.91. The fourth-order valence-corrected chi connectivity index (χ4v) is 17.2. The van der Waals surface area contributed by atoms with Gasteiger partial charge in [0.15, 0.2) is 30.3 Å². The summed E-state index contributed by atoms with van der Waals surface area (Å²) in [6.07, 6.45) is -6.31. The Morgan fingerprint density at radius 3 is 2.21 bits per heavy atom. The number of esters is 1. The molecule has 5 N–H and O–H groups in total. The van der Waals surface area contributed by atoms with Crippen LogP contribution in [-0.2, 0) is 75.8 Å². The van der Waals surface area contributed by atoms with Gasteiger partial charge in [-0.25, -0.2) is 0 Å². The second-order valence-electron chi connectivity index (χ2n) is 25.3. The van der Waals surface area contributed by atoms with E-state index in [1.807, 2.05) is 0 Å². The van der Waals surface area contributed by atoms with Crippen molar-refractivity contribution in [2.24, 2.45) is 11.8 Å². The van der Waals surface area contributed by atoms with Gasteiger partial charge in [0.05, 0.1) is 84.1 Å². The number of aliphatic hydroxyl groups is 5. The molecule has 29 atom stereocenters. The predicted molar refractivity (Wildman–Crippen MR) is 268 cm³/mol. The van der Waals surface area contributed by atoms with Crippen molar-refractivity contribution >= 4 is 28.6 Å². The molecule has 0 amide bonds. The van der Waals surface area contributed by atoms with E-state index in [1.165, 1.54) is 0 Å². The van der Waals surface area contributed by atoms with Gasteiger partial charge in [-0.05, 0) is 74.3 Å². The number of carbonyl (C=O) groups excluding carboxylic acids is 1. The third-order valence-electron chi connectivity index (χ3n) is 20.0. The lowest BCUT2D eigenvalue weighted by molar-refractivity contribution is -0.383. The number of ether oxygens (including phenoxy) is 15. The Morgan fingerprint density at radius 1 is 0.584 bits per heavy atom.